The Balaban J connectivity index is 1.99. The van der Waals surface area contributed by atoms with Gasteiger partial charge >= 0.3 is 5.97 Å². The Bertz CT molecular complexity index is 917. The maximum atomic E-state index is 12.0. The largest absolute Gasteiger partial charge is 0.494 e. The van der Waals surface area contributed by atoms with Gasteiger partial charge < -0.3 is 9.47 Å². The molecule has 1 aromatic carbocycles. The van der Waals surface area contributed by atoms with Crippen molar-refractivity contribution in [2.24, 2.45) is 0 Å². The van der Waals surface area contributed by atoms with Crippen molar-refractivity contribution in [3.8, 4) is 22.0 Å². The van der Waals surface area contributed by atoms with E-state index < -0.39 is 5.97 Å². The molecule has 0 aliphatic heterocycles. The summed E-state index contributed by atoms with van der Waals surface area (Å²) in [6.45, 7) is 4.42. The van der Waals surface area contributed by atoms with Gasteiger partial charge in [0.1, 0.15) is 11.4 Å². The third-order valence-electron chi connectivity index (χ3n) is 3.46. The molecule has 0 radical (unpaired) electrons. The minimum atomic E-state index is -0.581. The van der Waals surface area contributed by atoms with Gasteiger partial charge in [0.2, 0.25) is 5.69 Å². The van der Waals surface area contributed by atoms with Gasteiger partial charge in [0.05, 0.1) is 18.8 Å². The molecule has 3 rings (SSSR count). The van der Waals surface area contributed by atoms with Crippen LogP contribution in [0.2, 0.25) is 0 Å². The summed E-state index contributed by atoms with van der Waals surface area (Å²) in [5, 5.41) is 8.64. The molecular weight excluding hydrogens is 356 g/mol. The summed E-state index contributed by atoms with van der Waals surface area (Å²) >= 11 is 0.996. The van der Waals surface area contributed by atoms with E-state index in [0.717, 1.165) is 22.8 Å². The fraction of sp³-hybridized carbons (Fsp3) is 0.235. The van der Waals surface area contributed by atoms with Crippen molar-refractivity contribution in [2.75, 3.05) is 13.2 Å². The lowest BCUT2D eigenvalue weighted by atomic mass is 10.1. The Hall–Kier alpha value is -3.07. The predicted molar refractivity (Wildman–Crippen MR) is 95.0 cm³/mol. The average Bonchev–Trinajstić information content (AvgIpc) is 3.29. The maximum Gasteiger partial charge on any atom is 0.362 e. The highest BCUT2D eigenvalue weighted by atomic mass is 32.1. The van der Waals surface area contributed by atoms with Crippen molar-refractivity contribution in [3.63, 3.8) is 0 Å². The van der Waals surface area contributed by atoms with Crippen LogP contribution in [0.25, 0.3) is 16.3 Å². The van der Waals surface area contributed by atoms with Crippen molar-refractivity contribution in [2.45, 2.75) is 13.8 Å². The lowest BCUT2D eigenvalue weighted by Gasteiger charge is -2.04. The molecule has 0 unspecified atom stereocenters. The molecule has 0 spiro atoms. The maximum absolute atomic E-state index is 12.0. The first-order chi connectivity index (χ1) is 12.7. The highest BCUT2D eigenvalue weighted by Gasteiger charge is 2.22. The predicted octanol–water partition coefficient (Wildman–Crippen LogP) is 2.78. The smallest absolute Gasteiger partial charge is 0.362 e. The molecule has 134 valence electrons. The van der Waals surface area contributed by atoms with Gasteiger partial charge in [-0.05, 0) is 38.1 Å². The molecule has 0 bridgehead atoms. The van der Waals surface area contributed by atoms with Crippen molar-refractivity contribution in [1.82, 2.24) is 19.4 Å². The number of rotatable bonds is 7. The Kier molecular flexibility index (Phi) is 5.37. The first kappa shape index (κ1) is 17.7. The second-order valence-electron chi connectivity index (χ2n) is 5.10. The van der Waals surface area contributed by atoms with E-state index in [9.17, 15) is 9.59 Å². The zero-order valence-electron chi connectivity index (χ0n) is 14.2. The Morgan fingerprint density at radius 1 is 1.23 bits per heavy atom. The molecule has 0 amide bonds. The number of aldehydes is 1. The monoisotopic (exact) mass is 372 g/mol. The van der Waals surface area contributed by atoms with Crippen molar-refractivity contribution in [1.29, 1.82) is 0 Å². The molecule has 0 saturated carbocycles. The molecule has 0 aliphatic carbocycles. The quantitative estimate of drug-likeness (QED) is 0.465. The summed E-state index contributed by atoms with van der Waals surface area (Å²) in [6, 6.07) is 7.26. The zero-order valence-corrected chi connectivity index (χ0v) is 15.0. The van der Waals surface area contributed by atoms with Gasteiger partial charge in [0, 0.05) is 23.3 Å². The number of aromatic nitrogens is 4. The van der Waals surface area contributed by atoms with E-state index in [-0.39, 0.29) is 12.3 Å². The molecule has 8 nitrogen and oxygen atoms in total. The van der Waals surface area contributed by atoms with E-state index >= 15 is 0 Å². The van der Waals surface area contributed by atoms with Crippen molar-refractivity contribution in [3.05, 3.63) is 41.7 Å². The van der Waals surface area contributed by atoms with Crippen LogP contribution in [0.3, 0.4) is 0 Å². The lowest BCUT2D eigenvalue weighted by Crippen LogP contribution is -2.09. The number of nitrogens with zero attached hydrogens (tertiary/aromatic N) is 4. The number of esters is 1. The normalized spacial score (nSPS) is 10.5. The van der Waals surface area contributed by atoms with Crippen LogP contribution >= 0.6 is 11.5 Å². The van der Waals surface area contributed by atoms with E-state index in [1.165, 1.54) is 10.9 Å². The van der Waals surface area contributed by atoms with E-state index in [4.69, 9.17) is 9.47 Å². The van der Waals surface area contributed by atoms with Crippen LogP contribution in [-0.4, -0.2) is 44.8 Å². The molecule has 26 heavy (non-hydrogen) atoms. The van der Waals surface area contributed by atoms with Crippen molar-refractivity contribution >= 4 is 23.8 Å². The van der Waals surface area contributed by atoms with Crippen LogP contribution in [0.4, 0.5) is 0 Å². The highest BCUT2D eigenvalue weighted by molar-refractivity contribution is 7.08. The second kappa shape index (κ2) is 7.87. The molecule has 0 N–H and O–H groups in total. The summed E-state index contributed by atoms with van der Waals surface area (Å²) < 4.78 is 15.6. The Labute approximate surface area is 153 Å². The zero-order chi connectivity index (χ0) is 18.5. The van der Waals surface area contributed by atoms with Gasteiger partial charge in [-0.3, -0.25) is 4.79 Å². The van der Waals surface area contributed by atoms with Gasteiger partial charge in [-0.1, -0.05) is 4.49 Å². The molecule has 2 heterocycles. The number of hydrogen-bond acceptors (Lipinski definition) is 8. The molecule has 3 aromatic rings. The number of carbonyl (C=O) groups excluding carboxylic acids is 2. The summed E-state index contributed by atoms with van der Waals surface area (Å²) in [7, 11) is 0. The first-order valence-corrected chi connectivity index (χ1v) is 8.73. The molecular formula is C17H16N4O4S. The summed E-state index contributed by atoms with van der Waals surface area (Å²) in [4.78, 5) is 23.5. The van der Waals surface area contributed by atoms with Crippen LogP contribution in [0, 0.1) is 0 Å². The molecule has 0 fully saturated rings. The molecule has 0 aliphatic rings. The number of benzene rings is 1. The average molecular weight is 372 g/mol. The second-order valence-corrected chi connectivity index (χ2v) is 5.83. The van der Waals surface area contributed by atoms with Gasteiger partial charge in [-0.15, -0.1) is 5.10 Å². The van der Waals surface area contributed by atoms with Crippen LogP contribution < -0.4 is 4.74 Å². The SMILES string of the molecule is CCOC(=O)c1nnsc1-n1cc(C=O)c(-c2ccc(OCC)cc2)n1. The van der Waals surface area contributed by atoms with Gasteiger partial charge in [0.25, 0.3) is 0 Å². The Morgan fingerprint density at radius 3 is 2.65 bits per heavy atom. The minimum Gasteiger partial charge on any atom is -0.494 e. The van der Waals surface area contributed by atoms with Crippen LogP contribution in [0.1, 0.15) is 34.7 Å². The van der Waals surface area contributed by atoms with E-state index in [2.05, 4.69) is 14.7 Å². The van der Waals surface area contributed by atoms with E-state index in [1.54, 1.807) is 6.92 Å². The van der Waals surface area contributed by atoms with E-state index in [1.807, 2.05) is 31.2 Å². The fourth-order valence-electron chi connectivity index (χ4n) is 2.34. The van der Waals surface area contributed by atoms with Gasteiger partial charge in [-0.25, -0.2) is 9.48 Å². The fourth-order valence-corrected chi connectivity index (χ4v) is 2.93. The topological polar surface area (TPSA) is 96.2 Å². The molecule has 2 aromatic heterocycles. The summed E-state index contributed by atoms with van der Waals surface area (Å²) in [5.41, 5.74) is 1.70. The number of carbonyl (C=O) groups is 2. The third kappa shape index (κ3) is 3.47. The third-order valence-corrected chi connectivity index (χ3v) is 4.17. The lowest BCUT2D eigenvalue weighted by molar-refractivity contribution is 0.0519. The van der Waals surface area contributed by atoms with Crippen LogP contribution in [0.15, 0.2) is 30.5 Å². The Morgan fingerprint density at radius 2 is 2.00 bits per heavy atom. The number of ether oxygens (including phenoxy) is 2. The van der Waals surface area contributed by atoms with E-state index in [0.29, 0.717) is 29.2 Å². The van der Waals surface area contributed by atoms with Crippen molar-refractivity contribution < 1.29 is 19.1 Å². The minimum absolute atomic E-state index is 0.0649. The summed E-state index contributed by atoms with van der Waals surface area (Å²) in [6.07, 6.45) is 2.25. The first-order valence-electron chi connectivity index (χ1n) is 7.95. The summed E-state index contributed by atoms with van der Waals surface area (Å²) in [5.74, 6) is 0.154. The van der Waals surface area contributed by atoms with Gasteiger partial charge in [0.15, 0.2) is 11.3 Å². The standard InChI is InChI=1S/C17H16N4O4S/c1-3-24-13-7-5-11(6-8-13)14-12(10-22)9-21(19-14)16-15(18-20-26-16)17(23)25-4-2/h5-10H,3-4H2,1-2H3. The molecule has 9 heteroatoms. The van der Waals surface area contributed by atoms with Crippen LogP contribution in [-0.2, 0) is 4.74 Å². The number of hydrogen-bond donors (Lipinski definition) is 0. The van der Waals surface area contributed by atoms with Gasteiger partial charge in [-0.2, -0.15) is 5.10 Å². The van der Waals surface area contributed by atoms with Crippen LogP contribution in [0.5, 0.6) is 5.75 Å². The molecule has 0 atom stereocenters. The molecule has 0 saturated heterocycles. The highest BCUT2D eigenvalue weighted by Crippen LogP contribution is 2.26.